The minimum atomic E-state index is -0.132. The van der Waals surface area contributed by atoms with Gasteiger partial charge in [-0.3, -0.25) is 14.2 Å². The van der Waals surface area contributed by atoms with Crippen molar-refractivity contribution < 1.29 is 9.53 Å². The summed E-state index contributed by atoms with van der Waals surface area (Å²) in [5.74, 6) is 0.649. The van der Waals surface area contributed by atoms with Crippen molar-refractivity contribution >= 4 is 33.3 Å². The molecule has 7 nitrogen and oxygen atoms in total. The van der Waals surface area contributed by atoms with Crippen LogP contribution in [-0.4, -0.2) is 27.6 Å². The summed E-state index contributed by atoms with van der Waals surface area (Å²) in [7, 11) is 1.62. The highest BCUT2D eigenvalue weighted by Crippen LogP contribution is 2.26. The molecule has 2 aromatic carbocycles. The molecule has 1 N–H and O–H groups in total. The molecule has 0 radical (unpaired) electrons. The second-order valence-electron chi connectivity index (χ2n) is 6.68. The molecule has 4 aromatic rings. The van der Waals surface area contributed by atoms with Crippen LogP contribution in [0.3, 0.4) is 0 Å². The smallest absolute Gasteiger partial charge is 0.261 e. The molecule has 4 rings (SSSR count). The summed E-state index contributed by atoms with van der Waals surface area (Å²) in [4.78, 5) is 33.5. The number of fused-ring (bicyclic) bond motifs is 1. The van der Waals surface area contributed by atoms with E-state index in [2.05, 4.69) is 15.3 Å². The molecule has 30 heavy (non-hydrogen) atoms. The van der Waals surface area contributed by atoms with Crippen molar-refractivity contribution in [3.8, 4) is 17.0 Å². The van der Waals surface area contributed by atoms with E-state index in [4.69, 9.17) is 4.74 Å². The van der Waals surface area contributed by atoms with Crippen LogP contribution >= 0.6 is 11.3 Å². The number of para-hydroxylation sites is 1. The molecule has 0 aliphatic rings. The van der Waals surface area contributed by atoms with Gasteiger partial charge < -0.3 is 10.1 Å². The van der Waals surface area contributed by atoms with Crippen molar-refractivity contribution in [3.63, 3.8) is 0 Å². The first-order valence-corrected chi connectivity index (χ1v) is 10.4. The molecule has 0 bridgehead atoms. The summed E-state index contributed by atoms with van der Waals surface area (Å²) in [6.45, 7) is 0.430. The van der Waals surface area contributed by atoms with E-state index >= 15 is 0 Å². The third-order valence-electron chi connectivity index (χ3n) is 4.67. The van der Waals surface area contributed by atoms with Crippen molar-refractivity contribution in [1.29, 1.82) is 0 Å². The average molecular weight is 420 g/mol. The largest absolute Gasteiger partial charge is 0.497 e. The van der Waals surface area contributed by atoms with Crippen LogP contribution < -0.4 is 15.6 Å². The monoisotopic (exact) mass is 420 g/mol. The Labute approximate surface area is 177 Å². The van der Waals surface area contributed by atoms with Crippen LogP contribution in [0, 0.1) is 0 Å². The van der Waals surface area contributed by atoms with Crippen molar-refractivity contribution in [3.05, 3.63) is 70.6 Å². The van der Waals surface area contributed by atoms with E-state index in [1.807, 2.05) is 47.8 Å². The predicted molar refractivity (Wildman–Crippen MR) is 118 cm³/mol. The van der Waals surface area contributed by atoms with E-state index in [1.165, 1.54) is 17.7 Å². The maximum absolute atomic E-state index is 12.5. The summed E-state index contributed by atoms with van der Waals surface area (Å²) in [6.07, 6.45) is 2.35. The van der Waals surface area contributed by atoms with E-state index in [0.29, 0.717) is 29.0 Å². The number of carbonyl (C=O) groups excluding carboxylic acids is 1. The van der Waals surface area contributed by atoms with Crippen LogP contribution in [0.4, 0.5) is 5.13 Å². The standard InChI is InChI=1S/C22H20N4O3S/c1-29-16-10-8-15(9-11-16)19-13-30-22(24-19)25-20(27)7-4-12-26-14-23-18-6-3-2-5-17(18)21(26)28/h2-3,5-6,8-11,13-14H,4,7,12H2,1H3,(H,24,25,27). The first-order chi connectivity index (χ1) is 14.6. The van der Waals surface area contributed by atoms with Crippen LogP contribution in [0.5, 0.6) is 5.75 Å². The van der Waals surface area contributed by atoms with Crippen LogP contribution in [0.25, 0.3) is 22.2 Å². The van der Waals surface area contributed by atoms with Crippen molar-refractivity contribution in [2.75, 3.05) is 12.4 Å². The first kappa shape index (κ1) is 19.8. The Balaban J connectivity index is 1.33. The van der Waals surface area contributed by atoms with Gasteiger partial charge in [-0.2, -0.15) is 0 Å². The van der Waals surface area contributed by atoms with Gasteiger partial charge in [-0.1, -0.05) is 12.1 Å². The molecule has 0 spiro atoms. The Morgan fingerprint density at radius 1 is 1.17 bits per heavy atom. The Morgan fingerprint density at radius 3 is 2.77 bits per heavy atom. The normalized spacial score (nSPS) is 10.8. The fourth-order valence-corrected chi connectivity index (χ4v) is 3.82. The van der Waals surface area contributed by atoms with Crippen LogP contribution in [0.2, 0.25) is 0 Å². The average Bonchev–Trinajstić information content (AvgIpc) is 3.24. The Bertz CT molecular complexity index is 1230. The highest BCUT2D eigenvalue weighted by Gasteiger charge is 2.09. The molecule has 152 valence electrons. The third-order valence-corrected chi connectivity index (χ3v) is 5.43. The minimum absolute atomic E-state index is 0.0925. The highest BCUT2D eigenvalue weighted by molar-refractivity contribution is 7.14. The maximum Gasteiger partial charge on any atom is 0.261 e. The van der Waals surface area contributed by atoms with E-state index in [0.717, 1.165) is 17.0 Å². The molecule has 0 saturated carbocycles. The lowest BCUT2D eigenvalue weighted by atomic mass is 10.2. The Hall–Kier alpha value is -3.52. The number of carbonyl (C=O) groups is 1. The van der Waals surface area contributed by atoms with E-state index in [9.17, 15) is 9.59 Å². The fraction of sp³-hybridized carbons (Fsp3) is 0.182. The molecule has 0 unspecified atom stereocenters. The topological polar surface area (TPSA) is 86.1 Å². The molecule has 2 aromatic heterocycles. The molecule has 2 heterocycles. The van der Waals surface area contributed by atoms with Gasteiger partial charge in [0.1, 0.15) is 5.75 Å². The molecule has 0 aliphatic carbocycles. The number of aryl methyl sites for hydroxylation is 1. The number of benzene rings is 2. The lowest BCUT2D eigenvalue weighted by molar-refractivity contribution is -0.116. The molecule has 1 amide bonds. The van der Waals surface area contributed by atoms with E-state index in [1.54, 1.807) is 17.7 Å². The number of aromatic nitrogens is 3. The molecular formula is C22H20N4O3S. The van der Waals surface area contributed by atoms with E-state index < -0.39 is 0 Å². The maximum atomic E-state index is 12.5. The summed E-state index contributed by atoms with van der Waals surface area (Å²) >= 11 is 1.38. The predicted octanol–water partition coefficient (Wildman–Crippen LogP) is 3.95. The lowest BCUT2D eigenvalue weighted by Crippen LogP contribution is -2.21. The second-order valence-corrected chi connectivity index (χ2v) is 7.54. The molecule has 0 fully saturated rings. The summed E-state index contributed by atoms with van der Waals surface area (Å²) in [5, 5.41) is 5.86. The zero-order chi connectivity index (χ0) is 20.9. The van der Waals surface area contributed by atoms with Crippen molar-refractivity contribution in [2.45, 2.75) is 19.4 Å². The van der Waals surface area contributed by atoms with Gasteiger partial charge in [0.15, 0.2) is 5.13 Å². The second kappa shape index (κ2) is 8.87. The molecule has 0 saturated heterocycles. The quantitative estimate of drug-likeness (QED) is 0.489. The number of amides is 1. The van der Waals surface area contributed by atoms with Gasteiger partial charge in [0, 0.05) is 23.9 Å². The van der Waals surface area contributed by atoms with E-state index in [-0.39, 0.29) is 17.9 Å². The molecular weight excluding hydrogens is 400 g/mol. The van der Waals surface area contributed by atoms with Gasteiger partial charge in [0.05, 0.1) is 30.0 Å². The number of thiazole rings is 1. The highest BCUT2D eigenvalue weighted by atomic mass is 32.1. The van der Waals surface area contributed by atoms with Gasteiger partial charge in [-0.05, 0) is 42.8 Å². The Morgan fingerprint density at radius 2 is 1.97 bits per heavy atom. The third kappa shape index (κ3) is 4.38. The number of hydrogen-bond acceptors (Lipinski definition) is 6. The molecule has 0 aliphatic heterocycles. The van der Waals surface area contributed by atoms with Crippen LogP contribution in [0.1, 0.15) is 12.8 Å². The zero-order valence-electron chi connectivity index (χ0n) is 16.4. The van der Waals surface area contributed by atoms with Crippen LogP contribution in [-0.2, 0) is 11.3 Å². The number of methoxy groups -OCH3 is 1. The van der Waals surface area contributed by atoms with Crippen LogP contribution in [0.15, 0.2) is 65.0 Å². The summed E-state index contributed by atoms with van der Waals surface area (Å²) in [6, 6.07) is 14.8. The van der Waals surface area contributed by atoms with Gasteiger partial charge in [0.25, 0.3) is 5.56 Å². The first-order valence-electron chi connectivity index (χ1n) is 9.48. The SMILES string of the molecule is COc1ccc(-c2csc(NC(=O)CCCn3cnc4ccccc4c3=O)n2)cc1. The summed E-state index contributed by atoms with van der Waals surface area (Å²) < 4.78 is 6.70. The number of rotatable bonds is 7. The van der Waals surface area contributed by atoms with Crippen molar-refractivity contribution in [1.82, 2.24) is 14.5 Å². The fourth-order valence-electron chi connectivity index (χ4n) is 3.08. The number of nitrogens with one attached hydrogen (secondary N) is 1. The Kier molecular flexibility index (Phi) is 5.85. The lowest BCUT2D eigenvalue weighted by Gasteiger charge is -2.06. The zero-order valence-corrected chi connectivity index (χ0v) is 17.2. The number of ether oxygens (including phenoxy) is 1. The van der Waals surface area contributed by atoms with Gasteiger partial charge in [-0.25, -0.2) is 9.97 Å². The molecule has 8 heteroatoms. The van der Waals surface area contributed by atoms with Gasteiger partial charge in [0.2, 0.25) is 5.91 Å². The van der Waals surface area contributed by atoms with Gasteiger partial charge in [-0.15, -0.1) is 11.3 Å². The van der Waals surface area contributed by atoms with Gasteiger partial charge >= 0.3 is 0 Å². The summed E-state index contributed by atoms with van der Waals surface area (Å²) in [5.41, 5.74) is 2.33. The minimum Gasteiger partial charge on any atom is -0.497 e. The number of hydrogen-bond donors (Lipinski definition) is 1. The number of nitrogens with zero attached hydrogens (tertiary/aromatic N) is 3. The van der Waals surface area contributed by atoms with Crippen molar-refractivity contribution in [2.24, 2.45) is 0 Å². The number of anilines is 1. The molecule has 0 atom stereocenters.